The van der Waals surface area contributed by atoms with Crippen molar-refractivity contribution < 1.29 is 22.7 Å². The Morgan fingerprint density at radius 3 is 2.50 bits per heavy atom. The summed E-state index contributed by atoms with van der Waals surface area (Å²) in [6.07, 6.45) is -1.12. The third kappa shape index (κ3) is 4.98. The molecule has 9 heteroatoms. The fourth-order valence-corrected chi connectivity index (χ4v) is 4.67. The number of anilines is 1. The van der Waals surface area contributed by atoms with Gasteiger partial charge in [0, 0.05) is 24.8 Å². The normalized spacial score (nSPS) is 15.1. The molecule has 2 heterocycles. The molecule has 1 aliphatic rings. The Balaban J connectivity index is 1.57. The molecular formula is C27H25F3N4O2. The van der Waals surface area contributed by atoms with Gasteiger partial charge in [-0.2, -0.15) is 18.4 Å². The zero-order valence-electron chi connectivity index (χ0n) is 19.7. The topological polar surface area (TPSA) is 78.2 Å². The Morgan fingerprint density at radius 2 is 1.89 bits per heavy atom. The molecule has 1 fully saturated rings. The number of carbonyl (C=O) groups excluding carboxylic acids is 1. The van der Waals surface area contributed by atoms with Gasteiger partial charge in [-0.25, -0.2) is 4.98 Å². The molecule has 0 unspecified atom stereocenters. The highest BCUT2D eigenvalue weighted by atomic mass is 19.4. The van der Waals surface area contributed by atoms with Crippen molar-refractivity contribution in [1.82, 2.24) is 10.3 Å². The molecule has 4 rings (SSSR count). The number of ether oxygens (including phenoxy) is 1. The van der Waals surface area contributed by atoms with E-state index in [9.17, 15) is 23.2 Å². The van der Waals surface area contributed by atoms with Crippen LogP contribution in [0.3, 0.4) is 0 Å². The number of aromatic nitrogens is 1. The lowest BCUT2D eigenvalue weighted by Gasteiger charge is -2.43. The second kappa shape index (κ2) is 10.3. The average molecular weight is 495 g/mol. The molecular weight excluding hydrogens is 469 g/mol. The van der Waals surface area contributed by atoms with Crippen LogP contribution >= 0.6 is 0 Å². The van der Waals surface area contributed by atoms with Gasteiger partial charge >= 0.3 is 6.18 Å². The van der Waals surface area contributed by atoms with E-state index >= 15 is 0 Å². The maximum atomic E-state index is 13.1. The highest BCUT2D eigenvalue weighted by Crippen LogP contribution is 2.38. The molecule has 6 nitrogen and oxygen atoms in total. The first-order valence-corrected chi connectivity index (χ1v) is 11.6. The van der Waals surface area contributed by atoms with Crippen LogP contribution in [-0.4, -0.2) is 31.1 Å². The van der Waals surface area contributed by atoms with Gasteiger partial charge in [-0.15, -0.1) is 0 Å². The predicted molar refractivity (Wildman–Crippen MR) is 129 cm³/mol. The lowest BCUT2D eigenvalue weighted by molar-refractivity contribution is -0.137. The molecule has 1 amide bonds. The molecule has 0 spiro atoms. The molecule has 1 aromatic heterocycles. The molecule has 1 N–H and O–H groups in total. The smallest absolute Gasteiger partial charge is 0.416 e. The number of piperidine rings is 1. The number of halogens is 3. The second-order valence-corrected chi connectivity index (χ2v) is 8.54. The van der Waals surface area contributed by atoms with Gasteiger partial charge in [0.1, 0.15) is 6.07 Å². The van der Waals surface area contributed by atoms with E-state index in [-0.39, 0.29) is 5.56 Å². The number of hydrogen-bond acceptors (Lipinski definition) is 5. The van der Waals surface area contributed by atoms with E-state index in [4.69, 9.17) is 4.74 Å². The van der Waals surface area contributed by atoms with Gasteiger partial charge in [-0.3, -0.25) is 4.79 Å². The van der Waals surface area contributed by atoms with Gasteiger partial charge in [-0.1, -0.05) is 24.3 Å². The van der Waals surface area contributed by atoms with Crippen molar-refractivity contribution in [3.05, 3.63) is 77.5 Å². The van der Waals surface area contributed by atoms with Crippen LogP contribution in [0, 0.1) is 11.3 Å². The highest BCUT2D eigenvalue weighted by Gasteiger charge is 2.37. The van der Waals surface area contributed by atoms with Crippen molar-refractivity contribution in [1.29, 1.82) is 5.26 Å². The first-order valence-electron chi connectivity index (χ1n) is 11.6. The van der Waals surface area contributed by atoms with Crippen LogP contribution in [0.25, 0.3) is 11.1 Å². The fraction of sp³-hybridized carbons (Fsp3) is 0.296. The number of pyridine rings is 1. The van der Waals surface area contributed by atoms with Crippen molar-refractivity contribution >= 4 is 12.1 Å². The zero-order chi connectivity index (χ0) is 25.8. The highest BCUT2D eigenvalue weighted by molar-refractivity contribution is 5.69. The maximum Gasteiger partial charge on any atom is 0.416 e. The number of nitriles is 1. The van der Waals surface area contributed by atoms with Gasteiger partial charge in [0.2, 0.25) is 12.3 Å². The molecule has 186 valence electrons. The molecule has 0 aliphatic carbocycles. The summed E-state index contributed by atoms with van der Waals surface area (Å²) in [5, 5.41) is 12.4. The average Bonchev–Trinajstić information content (AvgIpc) is 2.89. The summed E-state index contributed by atoms with van der Waals surface area (Å²) in [6, 6.07) is 16.7. The second-order valence-electron chi connectivity index (χ2n) is 8.54. The minimum Gasteiger partial charge on any atom is -0.478 e. The minimum absolute atomic E-state index is 0.0217. The summed E-state index contributed by atoms with van der Waals surface area (Å²) in [5.41, 5.74) is 1.67. The van der Waals surface area contributed by atoms with Crippen LogP contribution in [0.2, 0.25) is 0 Å². The van der Waals surface area contributed by atoms with Crippen LogP contribution in [0.4, 0.5) is 18.9 Å². The Morgan fingerprint density at radius 1 is 1.17 bits per heavy atom. The van der Waals surface area contributed by atoms with Crippen molar-refractivity contribution in [2.24, 2.45) is 0 Å². The minimum atomic E-state index is -4.51. The fourth-order valence-electron chi connectivity index (χ4n) is 4.67. The van der Waals surface area contributed by atoms with E-state index in [1.807, 2.05) is 54.3 Å². The third-order valence-corrected chi connectivity index (χ3v) is 6.54. The van der Waals surface area contributed by atoms with Gasteiger partial charge in [-0.05, 0) is 61.2 Å². The molecule has 0 bridgehead atoms. The molecule has 36 heavy (non-hydrogen) atoms. The number of nitrogens with one attached hydrogen (secondary N) is 1. The number of hydrogen-bond donors (Lipinski definition) is 1. The summed E-state index contributed by atoms with van der Waals surface area (Å²) < 4.78 is 44.9. The Hall–Kier alpha value is -4.06. The summed E-state index contributed by atoms with van der Waals surface area (Å²) in [6.45, 7) is 3.31. The van der Waals surface area contributed by atoms with Crippen molar-refractivity contribution in [3.8, 4) is 23.1 Å². The quantitative estimate of drug-likeness (QED) is 0.452. The summed E-state index contributed by atoms with van der Waals surface area (Å²) >= 11 is 0. The number of amides is 1. The van der Waals surface area contributed by atoms with Crippen molar-refractivity contribution in [3.63, 3.8) is 0 Å². The lowest BCUT2D eigenvalue weighted by Crippen LogP contribution is -2.51. The summed E-state index contributed by atoms with van der Waals surface area (Å²) in [5.74, 6) is 0.548. The Labute approximate surface area is 207 Å². The van der Waals surface area contributed by atoms with Gasteiger partial charge < -0.3 is 15.0 Å². The van der Waals surface area contributed by atoms with E-state index in [1.54, 1.807) is 6.20 Å². The molecule has 3 aromatic rings. The standard InChI is InChI=1S/C27H25F3N4O2/c1-2-36-25-23(4-3-13-32-25)19-5-7-21(8-6-19)26(33-18-35)11-14-34(15-12-26)24-10-9-22(27(28,29)30)16-20(24)17-31/h3-10,13,16,18H,2,11-12,14-15H2,1H3,(H,33,35). The van der Waals surface area contributed by atoms with Crippen LogP contribution < -0.4 is 15.0 Å². The Kier molecular flexibility index (Phi) is 7.15. The SMILES string of the molecule is CCOc1ncccc1-c1ccc(C2(NC=O)CCN(c3ccc(C(F)(F)F)cc3C#N)CC2)cc1. The van der Waals surface area contributed by atoms with Crippen LogP contribution in [0.15, 0.2) is 60.8 Å². The molecule has 1 aliphatic heterocycles. The lowest BCUT2D eigenvalue weighted by atomic mass is 9.80. The largest absolute Gasteiger partial charge is 0.478 e. The predicted octanol–water partition coefficient (Wildman–Crippen LogP) is 5.28. The molecule has 2 aromatic carbocycles. The van der Waals surface area contributed by atoms with Crippen molar-refractivity contribution in [2.45, 2.75) is 31.5 Å². The molecule has 1 saturated heterocycles. The summed E-state index contributed by atoms with van der Waals surface area (Å²) in [7, 11) is 0. The summed E-state index contributed by atoms with van der Waals surface area (Å²) in [4.78, 5) is 17.7. The molecule has 0 atom stereocenters. The van der Waals surface area contributed by atoms with E-state index < -0.39 is 17.3 Å². The van der Waals surface area contributed by atoms with Crippen LogP contribution in [0.1, 0.15) is 36.5 Å². The van der Waals surface area contributed by atoms with Crippen LogP contribution in [-0.2, 0) is 16.5 Å². The van der Waals surface area contributed by atoms with Crippen molar-refractivity contribution in [2.75, 3.05) is 24.6 Å². The first-order chi connectivity index (χ1) is 17.3. The maximum absolute atomic E-state index is 13.1. The number of benzene rings is 2. The number of alkyl halides is 3. The van der Waals surface area contributed by atoms with Gasteiger partial charge in [0.15, 0.2) is 0 Å². The van der Waals surface area contributed by atoms with E-state index in [1.165, 1.54) is 6.07 Å². The first kappa shape index (κ1) is 25.0. The monoisotopic (exact) mass is 494 g/mol. The van der Waals surface area contributed by atoms with Crippen LogP contribution in [0.5, 0.6) is 5.88 Å². The van der Waals surface area contributed by atoms with Gasteiger partial charge in [0.05, 0.1) is 29.0 Å². The molecule has 0 saturated carbocycles. The zero-order valence-corrected chi connectivity index (χ0v) is 19.7. The molecule has 0 radical (unpaired) electrons. The van der Waals surface area contributed by atoms with E-state index in [0.29, 0.717) is 50.5 Å². The van der Waals surface area contributed by atoms with E-state index in [2.05, 4.69) is 10.3 Å². The third-order valence-electron chi connectivity index (χ3n) is 6.54. The number of rotatable bonds is 7. The number of nitrogens with zero attached hydrogens (tertiary/aromatic N) is 3. The van der Waals surface area contributed by atoms with Gasteiger partial charge in [0.25, 0.3) is 0 Å². The Bertz CT molecular complexity index is 1260. The van der Waals surface area contributed by atoms with E-state index in [0.717, 1.165) is 28.8 Å². The number of carbonyl (C=O) groups is 1.